The molecule has 2 aromatic rings. The van der Waals surface area contributed by atoms with Crippen LogP contribution in [0.15, 0.2) is 48.5 Å². The van der Waals surface area contributed by atoms with Crippen molar-refractivity contribution in [1.29, 1.82) is 0 Å². The fraction of sp³-hybridized carbons (Fsp3) is 0.167. The number of amides is 1. The van der Waals surface area contributed by atoms with Crippen LogP contribution in [0.4, 0.5) is 5.69 Å². The van der Waals surface area contributed by atoms with E-state index >= 15 is 0 Å². The van der Waals surface area contributed by atoms with Crippen molar-refractivity contribution in [2.45, 2.75) is 6.61 Å². The van der Waals surface area contributed by atoms with Gasteiger partial charge in [-0.05, 0) is 29.8 Å². The van der Waals surface area contributed by atoms with Gasteiger partial charge in [-0.3, -0.25) is 4.79 Å². The molecule has 0 bridgehead atoms. The lowest BCUT2D eigenvalue weighted by Gasteiger charge is -2.08. The second kappa shape index (κ2) is 8.00. The molecule has 5 heteroatoms. The molecule has 5 nitrogen and oxygen atoms in total. The molecule has 0 saturated heterocycles. The minimum absolute atomic E-state index is 0.0282. The maximum Gasteiger partial charge on any atom is 0.248 e. The van der Waals surface area contributed by atoms with Gasteiger partial charge in [0.15, 0.2) is 11.5 Å². The van der Waals surface area contributed by atoms with Gasteiger partial charge in [-0.1, -0.05) is 24.3 Å². The predicted molar refractivity (Wildman–Crippen MR) is 89.5 cm³/mol. The SMILES string of the molecule is COCc1ccccc1NC(=O)/C=C/c1ccc(OC)c(O)c1. The van der Waals surface area contributed by atoms with Crippen LogP contribution in [0.25, 0.3) is 6.08 Å². The molecule has 23 heavy (non-hydrogen) atoms. The highest BCUT2D eigenvalue weighted by Crippen LogP contribution is 2.26. The van der Waals surface area contributed by atoms with E-state index in [1.54, 1.807) is 25.3 Å². The lowest BCUT2D eigenvalue weighted by Crippen LogP contribution is -2.10. The predicted octanol–water partition coefficient (Wildman–Crippen LogP) is 3.20. The number of aromatic hydroxyl groups is 1. The molecule has 0 radical (unpaired) electrons. The molecule has 0 aliphatic rings. The molecule has 0 spiro atoms. The Morgan fingerprint density at radius 2 is 2.00 bits per heavy atom. The molecule has 2 aromatic carbocycles. The van der Waals surface area contributed by atoms with Crippen molar-refractivity contribution in [3.8, 4) is 11.5 Å². The molecule has 120 valence electrons. The van der Waals surface area contributed by atoms with Crippen LogP contribution in [0.2, 0.25) is 0 Å². The molecule has 2 N–H and O–H groups in total. The van der Waals surface area contributed by atoms with E-state index in [0.29, 0.717) is 23.6 Å². The average molecular weight is 313 g/mol. The van der Waals surface area contributed by atoms with Gasteiger partial charge in [0.25, 0.3) is 0 Å². The van der Waals surface area contributed by atoms with Gasteiger partial charge in [0, 0.05) is 24.4 Å². The topological polar surface area (TPSA) is 67.8 Å². The number of hydrogen-bond acceptors (Lipinski definition) is 4. The summed E-state index contributed by atoms with van der Waals surface area (Å²) in [5.41, 5.74) is 2.31. The summed E-state index contributed by atoms with van der Waals surface area (Å²) in [7, 11) is 3.09. The van der Waals surface area contributed by atoms with Gasteiger partial charge in [0.05, 0.1) is 13.7 Å². The van der Waals surface area contributed by atoms with Gasteiger partial charge in [0.1, 0.15) is 0 Å². The van der Waals surface area contributed by atoms with Crippen molar-refractivity contribution < 1.29 is 19.4 Å². The second-order valence-electron chi connectivity index (χ2n) is 4.84. The van der Waals surface area contributed by atoms with Gasteiger partial charge in [-0.15, -0.1) is 0 Å². The summed E-state index contributed by atoms with van der Waals surface area (Å²) in [4.78, 5) is 12.0. The largest absolute Gasteiger partial charge is 0.504 e. The number of anilines is 1. The van der Waals surface area contributed by atoms with Gasteiger partial charge < -0.3 is 19.9 Å². The number of carbonyl (C=O) groups excluding carboxylic acids is 1. The maximum absolute atomic E-state index is 12.0. The first-order valence-corrected chi connectivity index (χ1v) is 7.07. The molecule has 0 atom stereocenters. The Labute approximate surface area is 135 Å². The molecule has 0 saturated carbocycles. The number of benzene rings is 2. The minimum Gasteiger partial charge on any atom is -0.504 e. The highest BCUT2D eigenvalue weighted by atomic mass is 16.5. The first kappa shape index (κ1) is 16.6. The number of para-hydroxylation sites is 1. The average Bonchev–Trinajstić information content (AvgIpc) is 2.55. The van der Waals surface area contributed by atoms with E-state index < -0.39 is 0 Å². The number of ether oxygens (including phenoxy) is 2. The van der Waals surface area contributed by atoms with Crippen LogP contribution in [-0.2, 0) is 16.1 Å². The number of phenols is 1. The zero-order chi connectivity index (χ0) is 16.7. The normalized spacial score (nSPS) is 10.7. The van der Waals surface area contributed by atoms with Crippen molar-refractivity contribution in [2.24, 2.45) is 0 Å². The van der Waals surface area contributed by atoms with Crippen molar-refractivity contribution in [3.05, 3.63) is 59.7 Å². The second-order valence-corrected chi connectivity index (χ2v) is 4.84. The summed E-state index contributed by atoms with van der Waals surface area (Å²) in [6.07, 6.45) is 3.03. The van der Waals surface area contributed by atoms with Crippen LogP contribution in [0.1, 0.15) is 11.1 Å². The van der Waals surface area contributed by atoms with Crippen LogP contribution in [-0.4, -0.2) is 25.2 Å². The molecule has 1 amide bonds. The lowest BCUT2D eigenvalue weighted by molar-refractivity contribution is -0.111. The first-order valence-electron chi connectivity index (χ1n) is 7.07. The molecule has 0 aliphatic carbocycles. The third kappa shape index (κ3) is 4.59. The van der Waals surface area contributed by atoms with Crippen molar-refractivity contribution >= 4 is 17.7 Å². The van der Waals surface area contributed by atoms with E-state index in [1.165, 1.54) is 19.3 Å². The van der Waals surface area contributed by atoms with E-state index in [2.05, 4.69) is 5.32 Å². The van der Waals surface area contributed by atoms with Crippen LogP contribution < -0.4 is 10.1 Å². The Hall–Kier alpha value is -2.79. The number of carbonyl (C=O) groups is 1. The molecular weight excluding hydrogens is 294 g/mol. The fourth-order valence-corrected chi connectivity index (χ4v) is 2.08. The lowest BCUT2D eigenvalue weighted by atomic mass is 10.1. The Balaban J connectivity index is 2.06. The Morgan fingerprint density at radius 1 is 1.22 bits per heavy atom. The van der Waals surface area contributed by atoms with Gasteiger partial charge >= 0.3 is 0 Å². The van der Waals surface area contributed by atoms with Crippen LogP contribution >= 0.6 is 0 Å². The fourth-order valence-electron chi connectivity index (χ4n) is 2.08. The standard InChI is InChI=1S/C18H19NO4/c1-22-12-14-5-3-4-6-15(14)19-18(21)10-8-13-7-9-17(23-2)16(20)11-13/h3-11,20H,12H2,1-2H3,(H,19,21)/b10-8+. The summed E-state index contributed by atoms with van der Waals surface area (Å²) >= 11 is 0. The number of nitrogens with one attached hydrogen (secondary N) is 1. The first-order chi connectivity index (χ1) is 11.1. The molecule has 0 aliphatic heterocycles. The Morgan fingerprint density at radius 3 is 2.70 bits per heavy atom. The van der Waals surface area contributed by atoms with Gasteiger partial charge in [-0.2, -0.15) is 0 Å². The van der Waals surface area contributed by atoms with Crippen LogP contribution in [0.3, 0.4) is 0 Å². The zero-order valence-electron chi connectivity index (χ0n) is 13.1. The van der Waals surface area contributed by atoms with E-state index in [9.17, 15) is 9.90 Å². The number of hydrogen-bond donors (Lipinski definition) is 2. The molecule has 0 aromatic heterocycles. The van der Waals surface area contributed by atoms with E-state index in [-0.39, 0.29) is 11.7 Å². The van der Waals surface area contributed by atoms with Crippen LogP contribution in [0.5, 0.6) is 11.5 Å². The molecule has 0 unspecified atom stereocenters. The third-order valence-corrected chi connectivity index (χ3v) is 3.21. The highest BCUT2D eigenvalue weighted by molar-refractivity contribution is 6.02. The van der Waals surface area contributed by atoms with E-state index in [0.717, 1.165) is 5.56 Å². The van der Waals surface area contributed by atoms with Crippen molar-refractivity contribution in [2.75, 3.05) is 19.5 Å². The van der Waals surface area contributed by atoms with Crippen molar-refractivity contribution in [3.63, 3.8) is 0 Å². The monoisotopic (exact) mass is 313 g/mol. The molecule has 0 fully saturated rings. The maximum atomic E-state index is 12.0. The Kier molecular flexibility index (Phi) is 5.77. The summed E-state index contributed by atoms with van der Waals surface area (Å²) in [5.74, 6) is 0.157. The quantitative estimate of drug-likeness (QED) is 0.804. The number of phenolic OH excluding ortho intramolecular Hbond substituents is 1. The van der Waals surface area contributed by atoms with E-state index in [1.807, 2.05) is 24.3 Å². The summed E-state index contributed by atoms with van der Waals surface area (Å²) < 4.78 is 10.1. The smallest absolute Gasteiger partial charge is 0.248 e. The third-order valence-electron chi connectivity index (χ3n) is 3.21. The minimum atomic E-state index is -0.260. The number of rotatable bonds is 6. The molecular formula is C18H19NO4. The van der Waals surface area contributed by atoms with Gasteiger partial charge in [0.2, 0.25) is 5.91 Å². The summed E-state index contributed by atoms with van der Waals surface area (Å²) in [6, 6.07) is 12.4. The highest BCUT2D eigenvalue weighted by Gasteiger charge is 2.04. The number of methoxy groups -OCH3 is 2. The van der Waals surface area contributed by atoms with Crippen molar-refractivity contribution in [1.82, 2.24) is 0 Å². The summed E-state index contributed by atoms with van der Waals surface area (Å²) in [6.45, 7) is 0.423. The van der Waals surface area contributed by atoms with Gasteiger partial charge in [-0.25, -0.2) is 0 Å². The molecule has 2 rings (SSSR count). The zero-order valence-corrected chi connectivity index (χ0v) is 13.1. The summed E-state index contributed by atoms with van der Waals surface area (Å²) in [5, 5.41) is 12.5. The van der Waals surface area contributed by atoms with Crippen LogP contribution in [0, 0.1) is 0 Å². The van der Waals surface area contributed by atoms with E-state index in [4.69, 9.17) is 9.47 Å². The molecule has 0 heterocycles. The Bertz CT molecular complexity index is 710.